The van der Waals surface area contributed by atoms with E-state index in [0.717, 1.165) is 14.8 Å². The van der Waals surface area contributed by atoms with Crippen LogP contribution in [0.3, 0.4) is 0 Å². The molecule has 7 nitrogen and oxygen atoms in total. The van der Waals surface area contributed by atoms with Gasteiger partial charge in [0.05, 0.1) is 21.8 Å². The summed E-state index contributed by atoms with van der Waals surface area (Å²) in [4.78, 5) is 25.7. The first-order valence-corrected chi connectivity index (χ1v) is 14.7. The Balaban J connectivity index is 1.73. The molecule has 0 saturated heterocycles. The van der Waals surface area contributed by atoms with Crippen LogP contribution in [0.5, 0.6) is 0 Å². The van der Waals surface area contributed by atoms with Crippen LogP contribution in [0.15, 0.2) is 41.6 Å². The average molecular weight is 674 g/mol. The van der Waals surface area contributed by atoms with Crippen LogP contribution in [-0.4, -0.2) is 32.3 Å². The van der Waals surface area contributed by atoms with E-state index in [1.807, 2.05) is 37.5 Å². The molecule has 0 aliphatic heterocycles. The molecule has 1 heterocycles. The maximum Gasteiger partial charge on any atom is 0.251 e. The molecule has 37 heavy (non-hydrogen) atoms. The molecular weight excluding hydrogens is 644 g/mol. The summed E-state index contributed by atoms with van der Waals surface area (Å²) in [5, 5.41) is 16.1. The van der Waals surface area contributed by atoms with Crippen LogP contribution in [-0.2, 0) is 11.3 Å². The summed E-state index contributed by atoms with van der Waals surface area (Å²) in [6, 6.07) is 10.4. The fourth-order valence-corrected chi connectivity index (χ4v) is 5.39. The molecule has 0 radical (unpaired) electrons. The number of benzene rings is 2. The van der Waals surface area contributed by atoms with Gasteiger partial charge in [-0.1, -0.05) is 62.7 Å². The van der Waals surface area contributed by atoms with Crippen molar-refractivity contribution < 1.29 is 9.59 Å². The maximum absolute atomic E-state index is 13.0. The largest absolute Gasteiger partial charge is 0.342 e. The van der Waals surface area contributed by atoms with Crippen molar-refractivity contribution >= 4 is 75.1 Å². The molecule has 3 rings (SSSR count). The van der Waals surface area contributed by atoms with Gasteiger partial charge in [-0.25, -0.2) is 0 Å². The molecule has 0 fully saturated rings. The van der Waals surface area contributed by atoms with Gasteiger partial charge in [-0.2, -0.15) is 0 Å². The zero-order chi connectivity index (χ0) is 27.3. The molecule has 11 heteroatoms. The van der Waals surface area contributed by atoms with Gasteiger partial charge in [0.1, 0.15) is 0 Å². The third-order valence-electron chi connectivity index (χ3n) is 5.72. The second-order valence-corrected chi connectivity index (χ2v) is 12.1. The van der Waals surface area contributed by atoms with E-state index in [1.54, 1.807) is 18.2 Å². The fourth-order valence-electron chi connectivity index (χ4n) is 3.77. The molecule has 1 aromatic heterocycles. The Morgan fingerprint density at radius 1 is 1.05 bits per heavy atom. The van der Waals surface area contributed by atoms with Gasteiger partial charge in [-0.15, -0.1) is 10.2 Å². The number of carbonyl (C=O) groups excluding carboxylic acids is 2. The zero-order valence-electron chi connectivity index (χ0n) is 21.3. The smallest absolute Gasteiger partial charge is 0.251 e. The summed E-state index contributed by atoms with van der Waals surface area (Å²) in [5.74, 6) is 0.745. The van der Waals surface area contributed by atoms with Crippen molar-refractivity contribution in [2.24, 2.45) is 5.92 Å². The van der Waals surface area contributed by atoms with E-state index in [2.05, 4.69) is 63.3 Å². The van der Waals surface area contributed by atoms with E-state index in [1.165, 1.54) is 11.8 Å². The van der Waals surface area contributed by atoms with E-state index < -0.39 is 6.04 Å². The highest BCUT2D eigenvalue weighted by atomic mass is 127. The number of hydrogen-bond donors (Lipinski definition) is 2. The predicted octanol–water partition coefficient (Wildman–Crippen LogP) is 7.19. The van der Waals surface area contributed by atoms with Crippen LogP contribution in [0.2, 0.25) is 10.0 Å². The Morgan fingerprint density at radius 2 is 1.78 bits per heavy atom. The third kappa shape index (κ3) is 7.61. The molecule has 0 spiro atoms. The van der Waals surface area contributed by atoms with E-state index in [-0.39, 0.29) is 29.4 Å². The van der Waals surface area contributed by atoms with Gasteiger partial charge in [-0.3, -0.25) is 9.59 Å². The quantitative estimate of drug-likeness (QED) is 0.176. The SMILES string of the molecule is CCn1c(SCC(=O)Nc2ccc(I)cc2C(C)C)nnc1[C@H](NC(=O)c1ccc(Cl)c(Cl)c1)C(C)C. The number of anilines is 1. The van der Waals surface area contributed by atoms with Gasteiger partial charge in [0.15, 0.2) is 11.0 Å². The summed E-state index contributed by atoms with van der Waals surface area (Å²) in [5.41, 5.74) is 2.33. The van der Waals surface area contributed by atoms with Crippen molar-refractivity contribution in [1.29, 1.82) is 0 Å². The average Bonchev–Trinajstić information content (AvgIpc) is 3.25. The summed E-state index contributed by atoms with van der Waals surface area (Å²) in [7, 11) is 0. The number of amides is 2. The van der Waals surface area contributed by atoms with Crippen LogP contribution in [0.4, 0.5) is 5.69 Å². The van der Waals surface area contributed by atoms with E-state index in [4.69, 9.17) is 23.2 Å². The molecule has 198 valence electrons. The number of rotatable bonds is 10. The Hall–Kier alpha value is -1.82. The Morgan fingerprint density at radius 3 is 2.41 bits per heavy atom. The minimum atomic E-state index is -0.391. The highest BCUT2D eigenvalue weighted by Crippen LogP contribution is 2.29. The molecule has 0 aliphatic rings. The molecular formula is C26H30Cl2IN5O2S. The van der Waals surface area contributed by atoms with Crippen LogP contribution in [0, 0.1) is 9.49 Å². The molecule has 0 bridgehead atoms. The highest BCUT2D eigenvalue weighted by molar-refractivity contribution is 14.1. The van der Waals surface area contributed by atoms with Gasteiger partial charge < -0.3 is 15.2 Å². The number of aromatic nitrogens is 3. The molecule has 2 amide bonds. The highest BCUT2D eigenvalue weighted by Gasteiger charge is 2.26. The lowest BCUT2D eigenvalue weighted by molar-refractivity contribution is -0.113. The first-order valence-electron chi connectivity index (χ1n) is 11.9. The lowest BCUT2D eigenvalue weighted by atomic mass is 10.0. The first kappa shape index (κ1) is 29.7. The summed E-state index contributed by atoms with van der Waals surface area (Å²) in [6.07, 6.45) is 0. The molecule has 0 aliphatic carbocycles. The summed E-state index contributed by atoms with van der Waals surface area (Å²) < 4.78 is 3.06. The van der Waals surface area contributed by atoms with Crippen LogP contribution in [0.25, 0.3) is 0 Å². The van der Waals surface area contributed by atoms with Gasteiger partial charge in [-0.05, 0) is 83.3 Å². The lowest BCUT2D eigenvalue weighted by Gasteiger charge is -2.22. The van der Waals surface area contributed by atoms with Crippen LogP contribution < -0.4 is 10.6 Å². The fraction of sp³-hybridized carbons (Fsp3) is 0.385. The number of hydrogen-bond acceptors (Lipinski definition) is 5. The topological polar surface area (TPSA) is 88.9 Å². The van der Waals surface area contributed by atoms with Gasteiger partial charge in [0, 0.05) is 21.4 Å². The third-order valence-corrected chi connectivity index (χ3v) is 8.09. The van der Waals surface area contributed by atoms with Crippen molar-refractivity contribution in [2.75, 3.05) is 11.1 Å². The van der Waals surface area contributed by atoms with Crippen molar-refractivity contribution in [3.05, 3.63) is 67.0 Å². The first-order chi connectivity index (χ1) is 17.5. The number of carbonyl (C=O) groups is 2. The van der Waals surface area contributed by atoms with E-state index in [9.17, 15) is 9.59 Å². The standard InChI is InChI=1S/C26H30Cl2IN5O2S/c1-6-34-24(23(15(4)5)31-25(36)16-7-9-19(27)20(28)11-16)32-33-26(34)37-13-22(35)30-21-10-8-17(29)12-18(21)14(2)3/h7-12,14-15,23H,6,13H2,1-5H3,(H,30,35)(H,31,36)/t23-/m1/s1. The lowest BCUT2D eigenvalue weighted by Crippen LogP contribution is -2.33. The van der Waals surface area contributed by atoms with Gasteiger partial charge >= 0.3 is 0 Å². The molecule has 2 N–H and O–H groups in total. The molecule has 3 aromatic rings. The molecule has 0 saturated carbocycles. The van der Waals surface area contributed by atoms with E-state index in [0.29, 0.717) is 33.1 Å². The van der Waals surface area contributed by atoms with Crippen molar-refractivity contribution in [1.82, 2.24) is 20.1 Å². The minimum absolute atomic E-state index is 0.0395. The normalized spacial score (nSPS) is 12.2. The second kappa shape index (κ2) is 13.3. The Bertz CT molecular complexity index is 1280. The zero-order valence-corrected chi connectivity index (χ0v) is 25.8. The van der Waals surface area contributed by atoms with E-state index >= 15 is 0 Å². The molecule has 0 unspecified atom stereocenters. The van der Waals surface area contributed by atoms with Gasteiger partial charge in [0.2, 0.25) is 5.91 Å². The van der Waals surface area contributed by atoms with Crippen molar-refractivity contribution in [3.63, 3.8) is 0 Å². The summed E-state index contributed by atoms with van der Waals surface area (Å²) >= 11 is 15.7. The second-order valence-electron chi connectivity index (χ2n) is 9.13. The molecule has 2 aromatic carbocycles. The molecule has 1 atom stereocenters. The van der Waals surface area contributed by atoms with Crippen LogP contribution in [0.1, 0.15) is 68.3 Å². The van der Waals surface area contributed by atoms with Gasteiger partial charge in [0.25, 0.3) is 5.91 Å². The Labute approximate surface area is 245 Å². The van der Waals surface area contributed by atoms with Crippen LogP contribution >= 0.6 is 57.6 Å². The number of nitrogens with one attached hydrogen (secondary N) is 2. The maximum atomic E-state index is 13.0. The summed E-state index contributed by atoms with van der Waals surface area (Å²) in [6.45, 7) is 10.8. The monoisotopic (exact) mass is 673 g/mol. The van der Waals surface area contributed by atoms with Crippen molar-refractivity contribution in [2.45, 2.75) is 58.3 Å². The minimum Gasteiger partial charge on any atom is -0.342 e. The number of thioether (sulfide) groups is 1. The number of nitrogens with zero attached hydrogens (tertiary/aromatic N) is 3. The Kier molecular flexibility index (Phi) is 10.7. The number of halogens is 3. The van der Waals surface area contributed by atoms with Crippen molar-refractivity contribution in [3.8, 4) is 0 Å². The predicted molar refractivity (Wildman–Crippen MR) is 160 cm³/mol.